The second-order valence-corrected chi connectivity index (χ2v) is 4.63. The minimum Gasteiger partial charge on any atom is -0.355 e. The molecule has 0 saturated carbocycles. The summed E-state index contributed by atoms with van der Waals surface area (Å²) < 4.78 is 0. The lowest BCUT2D eigenvalue weighted by molar-refractivity contribution is -0.120. The molecule has 1 heterocycles. The zero-order chi connectivity index (χ0) is 9.52. The SMILES string of the molecule is CCNC(=O)CNCC1CCCS1. The molecule has 0 aromatic heterocycles. The van der Waals surface area contributed by atoms with E-state index in [1.54, 1.807) is 0 Å². The van der Waals surface area contributed by atoms with Crippen LogP contribution in [-0.2, 0) is 4.79 Å². The van der Waals surface area contributed by atoms with E-state index in [9.17, 15) is 4.79 Å². The molecule has 0 bridgehead atoms. The number of amides is 1. The Morgan fingerprint density at radius 2 is 2.46 bits per heavy atom. The van der Waals surface area contributed by atoms with Gasteiger partial charge in [-0.3, -0.25) is 4.79 Å². The third-order valence-electron chi connectivity index (χ3n) is 2.06. The van der Waals surface area contributed by atoms with Crippen molar-refractivity contribution in [3.63, 3.8) is 0 Å². The Morgan fingerprint density at radius 1 is 1.62 bits per heavy atom. The fourth-order valence-electron chi connectivity index (χ4n) is 1.41. The number of carbonyl (C=O) groups excluding carboxylic acids is 1. The molecule has 1 saturated heterocycles. The maximum absolute atomic E-state index is 11.0. The topological polar surface area (TPSA) is 41.1 Å². The van der Waals surface area contributed by atoms with Crippen LogP contribution in [0.25, 0.3) is 0 Å². The molecule has 0 spiro atoms. The Labute approximate surface area is 84.0 Å². The fourth-order valence-corrected chi connectivity index (χ4v) is 2.65. The molecule has 0 radical (unpaired) electrons. The van der Waals surface area contributed by atoms with Crippen molar-refractivity contribution in [2.24, 2.45) is 0 Å². The number of likely N-dealkylation sites (N-methyl/N-ethyl adjacent to an activating group) is 1. The van der Waals surface area contributed by atoms with Crippen LogP contribution in [0.5, 0.6) is 0 Å². The number of thioether (sulfide) groups is 1. The molecule has 13 heavy (non-hydrogen) atoms. The summed E-state index contributed by atoms with van der Waals surface area (Å²) in [4.78, 5) is 11.0. The van der Waals surface area contributed by atoms with E-state index in [1.165, 1.54) is 18.6 Å². The first-order valence-corrected chi connectivity index (χ1v) is 5.97. The molecule has 1 rings (SSSR count). The number of carbonyl (C=O) groups is 1. The molecule has 1 unspecified atom stereocenters. The lowest BCUT2D eigenvalue weighted by Crippen LogP contribution is -2.36. The monoisotopic (exact) mass is 202 g/mol. The van der Waals surface area contributed by atoms with E-state index in [1.807, 2.05) is 18.7 Å². The normalized spacial score (nSPS) is 21.8. The predicted octanol–water partition coefficient (Wildman–Crippen LogP) is 0.608. The van der Waals surface area contributed by atoms with Gasteiger partial charge in [0.1, 0.15) is 0 Å². The first kappa shape index (κ1) is 10.9. The van der Waals surface area contributed by atoms with Crippen molar-refractivity contribution >= 4 is 17.7 Å². The van der Waals surface area contributed by atoms with Gasteiger partial charge in [0, 0.05) is 18.3 Å². The molecule has 0 aromatic rings. The van der Waals surface area contributed by atoms with E-state index in [4.69, 9.17) is 0 Å². The summed E-state index contributed by atoms with van der Waals surface area (Å²) in [5, 5.41) is 6.67. The van der Waals surface area contributed by atoms with E-state index in [0.29, 0.717) is 6.54 Å². The molecule has 76 valence electrons. The van der Waals surface area contributed by atoms with Gasteiger partial charge in [-0.15, -0.1) is 0 Å². The quantitative estimate of drug-likeness (QED) is 0.686. The van der Waals surface area contributed by atoms with E-state index in [-0.39, 0.29) is 5.91 Å². The van der Waals surface area contributed by atoms with Crippen molar-refractivity contribution in [1.29, 1.82) is 0 Å². The molecule has 3 nitrogen and oxygen atoms in total. The Morgan fingerprint density at radius 3 is 3.08 bits per heavy atom. The minimum absolute atomic E-state index is 0.102. The number of nitrogens with one attached hydrogen (secondary N) is 2. The second kappa shape index (κ2) is 6.27. The van der Waals surface area contributed by atoms with Crippen LogP contribution in [0.15, 0.2) is 0 Å². The molecule has 1 aliphatic rings. The Balaban J connectivity index is 1.96. The van der Waals surface area contributed by atoms with Crippen LogP contribution >= 0.6 is 11.8 Å². The lowest BCUT2D eigenvalue weighted by atomic mass is 10.2. The number of rotatable bonds is 5. The first-order valence-electron chi connectivity index (χ1n) is 4.92. The van der Waals surface area contributed by atoms with Gasteiger partial charge in [0.05, 0.1) is 6.54 Å². The highest BCUT2D eigenvalue weighted by molar-refractivity contribution is 8.00. The zero-order valence-corrected chi connectivity index (χ0v) is 8.95. The predicted molar refractivity (Wildman–Crippen MR) is 57.0 cm³/mol. The molecule has 2 N–H and O–H groups in total. The van der Waals surface area contributed by atoms with Crippen molar-refractivity contribution in [2.45, 2.75) is 25.0 Å². The standard InChI is InChI=1S/C9H18N2OS/c1-2-11-9(12)7-10-6-8-4-3-5-13-8/h8,10H,2-7H2,1H3,(H,11,12). The van der Waals surface area contributed by atoms with Gasteiger partial charge in [-0.05, 0) is 25.5 Å². The van der Waals surface area contributed by atoms with Gasteiger partial charge in [-0.1, -0.05) is 0 Å². The first-order chi connectivity index (χ1) is 6.33. The largest absolute Gasteiger partial charge is 0.355 e. The fraction of sp³-hybridized carbons (Fsp3) is 0.889. The second-order valence-electron chi connectivity index (χ2n) is 3.22. The van der Waals surface area contributed by atoms with Crippen LogP contribution in [0.2, 0.25) is 0 Å². The van der Waals surface area contributed by atoms with E-state index >= 15 is 0 Å². The van der Waals surface area contributed by atoms with Crippen LogP contribution in [0, 0.1) is 0 Å². The summed E-state index contributed by atoms with van der Waals surface area (Å²) in [6.07, 6.45) is 2.63. The van der Waals surface area contributed by atoms with Crippen molar-refractivity contribution in [2.75, 3.05) is 25.4 Å². The minimum atomic E-state index is 0.102. The average molecular weight is 202 g/mol. The highest BCUT2D eigenvalue weighted by Gasteiger charge is 2.14. The van der Waals surface area contributed by atoms with E-state index in [2.05, 4.69) is 10.6 Å². The number of hydrogen-bond donors (Lipinski definition) is 2. The average Bonchev–Trinajstić information content (AvgIpc) is 2.57. The van der Waals surface area contributed by atoms with E-state index < -0.39 is 0 Å². The Hall–Kier alpha value is -0.220. The number of hydrogen-bond acceptors (Lipinski definition) is 3. The third-order valence-corrected chi connectivity index (χ3v) is 3.45. The molecule has 4 heteroatoms. The Kier molecular flexibility index (Phi) is 5.23. The van der Waals surface area contributed by atoms with Crippen LogP contribution in [0.3, 0.4) is 0 Å². The summed E-state index contributed by atoms with van der Waals surface area (Å²) in [7, 11) is 0. The van der Waals surface area contributed by atoms with E-state index in [0.717, 1.165) is 18.3 Å². The van der Waals surface area contributed by atoms with Crippen LogP contribution in [0.1, 0.15) is 19.8 Å². The van der Waals surface area contributed by atoms with Gasteiger partial charge in [0.15, 0.2) is 0 Å². The summed E-state index contributed by atoms with van der Waals surface area (Å²) in [6, 6.07) is 0. The zero-order valence-electron chi connectivity index (χ0n) is 8.14. The molecular weight excluding hydrogens is 184 g/mol. The molecule has 0 aliphatic carbocycles. The van der Waals surface area contributed by atoms with Gasteiger partial charge in [-0.25, -0.2) is 0 Å². The smallest absolute Gasteiger partial charge is 0.233 e. The van der Waals surface area contributed by atoms with Gasteiger partial charge < -0.3 is 10.6 Å². The molecule has 1 amide bonds. The van der Waals surface area contributed by atoms with Crippen molar-refractivity contribution in [3.8, 4) is 0 Å². The van der Waals surface area contributed by atoms with Crippen LogP contribution in [0.4, 0.5) is 0 Å². The highest BCUT2D eigenvalue weighted by Crippen LogP contribution is 2.24. The van der Waals surface area contributed by atoms with Gasteiger partial charge in [-0.2, -0.15) is 11.8 Å². The third kappa shape index (κ3) is 4.52. The van der Waals surface area contributed by atoms with Crippen molar-refractivity contribution in [1.82, 2.24) is 10.6 Å². The summed E-state index contributed by atoms with van der Waals surface area (Å²) >= 11 is 2.01. The summed E-state index contributed by atoms with van der Waals surface area (Å²) in [5.41, 5.74) is 0. The van der Waals surface area contributed by atoms with Crippen LogP contribution < -0.4 is 10.6 Å². The highest BCUT2D eigenvalue weighted by atomic mass is 32.2. The van der Waals surface area contributed by atoms with Crippen LogP contribution in [-0.4, -0.2) is 36.5 Å². The molecule has 1 aliphatic heterocycles. The summed E-state index contributed by atoms with van der Waals surface area (Å²) in [5.74, 6) is 1.39. The molecular formula is C9H18N2OS. The van der Waals surface area contributed by atoms with Crippen molar-refractivity contribution in [3.05, 3.63) is 0 Å². The maximum atomic E-state index is 11.0. The molecule has 1 atom stereocenters. The van der Waals surface area contributed by atoms with Crippen molar-refractivity contribution < 1.29 is 4.79 Å². The molecule has 1 fully saturated rings. The maximum Gasteiger partial charge on any atom is 0.233 e. The van der Waals surface area contributed by atoms with Gasteiger partial charge >= 0.3 is 0 Å². The Bertz CT molecular complexity index is 158. The lowest BCUT2D eigenvalue weighted by Gasteiger charge is -2.09. The van der Waals surface area contributed by atoms with Gasteiger partial charge in [0.25, 0.3) is 0 Å². The molecule has 0 aromatic carbocycles. The summed E-state index contributed by atoms with van der Waals surface area (Å²) in [6.45, 7) is 4.09. The van der Waals surface area contributed by atoms with Gasteiger partial charge in [0.2, 0.25) is 5.91 Å².